The lowest BCUT2D eigenvalue weighted by Crippen LogP contribution is -2.33. The third-order valence-corrected chi connectivity index (χ3v) is 4.45. The number of hydrogen-bond acceptors (Lipinski definition) is 4. The number of benzene rings is 1. The second-order valence-corrected chi connectivity index (χ2v) is 6.38. The van der Waals surface area contributed by atoms with E-state index in [1.807, 2.05) is 37.3 Å². The standard InChI is InChI=1S/C15H20N2O3S/c1-14-4-6-15(7-5-14)8-13-21(18,19)17(10-3-9-16)11-12-20-2/h4-8,13H,3,10-12H2,1-2H3. The summed E-state index contributed by atoms with van der Waals surface area (Å²) in [5, 5.41) is 9.79. The van der Waals surface area contributed by atoms with Crippen LogP contribution >= 0.6 is 0 Å². The number of nitrogens with zero attached hydrogens (tertiary/aromatic N) is 2. The maximum Gasteiger partial charge on any atom is 0.236 e. The minimum Gasteiger partial charge on any atom is -0.383 e. The van der Waals surface area contributed by atoms with Crippen molar-refractivity contribution in [1.82, 2.24) is 4.31 Å². The Morgan fingerprint density at radius 3 is 2.52 bits per heavy atom. The Bertz CT molecular complexity index is 601. The summed E-state index contributed by atoms with van der Waals surface area (Å²) in [7, 11) is -2.04. The van der Waals surface area contributed by atoms with E-state index < -0.39 is 10.0 Å². The molecular weight excluding hydrogens is 288 g/mol. The molecule has 0 saturated heterocycles. The van der Waals surface area contributed by atoms with Gasteiger partial charge in [-0.05, 0) is 18.6 Å². The van der Waals surface area contributed by atoms with Gasteiger partial charge in [-0.25, -0.2) is 8.42 Å². The molecule has 0 radical (unpaired) electrons. The minimum atomic E-state index is -3.55. The molecule has 0 spiro atoms. The highest BCUT2D eigenvalue weighted by molar-refractivity contribution is 7.92. The van der Waals surface area contributed by atoms with E-state index in [9.17, 15) is 8.42 Å². The number of rotatable bonds is 8. The molecule has 1 rings (SSSR count). The largest absolute Gasteiger partial charge is 0.383 e. The van der Waals surface area contributed by atoms with Gasteiger partial charge in [0.15, 0.2) is 0 Å². The van der Waals surface area contributed by atoms with Gasteiger partial charge in [0.25, 0.3) is 0 Å². The summed E-state index contributed by atoms with van der Waals surface area (Å²) >= 11 is 0. The van der Waals surface area contributed by atoms with Crippen LogP contribution in [0, 0.1) is 18.3 Å². The van der Waals surface area contributed by atoms with Crippen LogP contribution < -0.4 is 0 Å². The highest BCUT2D eigenvalue weighted by Crippen LogP contribution is 2.10. The number of methoxy groups -OCH3 is 1. The van der Waals surface area contributed by atoms with Crippen molar-refractivity contribution in [2.75, 3.05) is 26.8 Å². The first-order valence-electron chi connectivity index (χ1n) is 6.60. The maximum absolute atomic E-state index is 12.3. The van der Waals surface area contributed by atoms with Gasteiger partial charge in [0, 0.05) is 32.0 Å². The van der Waals surface area contributed by atoms with Crippen LogP contribution in [0.25, 0.3) is 6.08 Å². The second kappa shape index (κ2) is 8.57. The van der Waals surface area contributed by atoms with E-state index in [4.69, 9.17) is 10.00 Å². The normalized spacial score (nSPS) is 11.9. The second-order valence-electron chi connectivity index (χ2n) is 4.56. The van der Waals surface area contributed by atoms with Gasteiger partial charge in [0.05, 0.1) is 12.7 Å². The zero-order valence-electron chi connectivity index (χ0n) is 12.3. The van der Waals surface area contributed by atoms with E-state index in [0.29, 0.717) is 6.61 Å². The summed E-state index contributed by atoms with van der Waals surface area (Å²) in [6.45, 7) is 2.67. The molecule has 1 aromatic carbocycles. The Balaban J connectivity index is 2.84. The van der Waals surface area contributed by atoms with Crippen LogP contribution in [0.2, 0.25) is 0 Å². The molecule has 0 aromatic heterocycles. The quantitative estimate of drug-likeness (QED) is 0.738. The zero-order chi connectivity index (χ0) is 15.7. The van der Waals surface area contributed by atoms with Crippen LogP contribution in [0.15, 0.2) is 29.7 Å². The third kappa shape index (κ3) is 6.08. The first kappa shape index (κ1) is 17.4. The predicted molar refractivity (Wildman–Crippen MR) is 82.8 cm³/mol. The number of nitriles is 1. The molecule has 0 unspecified atom stereocenters. The average Bonchev–Trinajstić information content (AvgIpc) is 2.46. The molecule has 114 valence electrons. The summed E-state index contributed by atoms with van der Waals surface area (Å²) in [5.74, 6) is 0. The molecule has 0 aliphatic carbocycles. The van der Waals surface area contributed by atoms with E-state index in [1.165, 1.54) is 16.8 Å². The Labute approximate surface area is 126 Å². The van der Waals surface area contributed by atoms with E-state index >= 15 is 0 Å². The van der Waals surface area contributed by atoms with Crippen molar-refractivity contribution in [2.24, 2.45) is 0 Å². The van der Waals surface area contributed by atoms with Crippen molar-refractivity contribution in [3.63, 3.8) is 0 Å². The van der Waals surface area contributed by atoms with Crippen molar-refractivity contribution in [3.05, 3.63) is 40.8 Å². The number of hydrogen-bond donors (Lipinski definition) is 0. The molecule has 1 aromatic rings. The molecule has 0 heterocycles. The van der Waals surface area contributed by atoms with Gasteiger partial charge < -0.3 is 4.74 Å². The zero-order valence-corrected chi connectivity index (χ0v) is 13.1. The van der Waals surface area contributed by atoms with Gasteiger partial charge in [-0.3, -0.25) is 0 Å². The van der Waals surface area contributed by atoms with E-state index in [-0.39, 0.29) is 19.5 Å². The molecule has 0 saturated carbocycles. The predicted octanol–water partition coefficient (Wildman–Crippen LogP) is 2.16. The smallest absolute Gasteiger partial charge is 0.236 e. The molecule has 0 aliphatic rings. The molecule has 6 heteroatoms. The summed E-state index contributed by atoms with van der Waals surface area (Å²) < 4.78 is 30.7. The van der Waals surface area contributed by atoms with Crippen LogP contribution in [-0.2, 0) is 14.8 Å². The topological polar surface area (TPSA) is 70.4 Å². The Morgan fingerprint density at radius 1 is 1.29 bits per heavy atom. The molecule has 21 heavy (non-hydrogen) atoms. The highest BCUT2D eigenvalue weighted by atomic mass is 32.2. The van der Waals surface area contributed by atoms with Crippen molar-refractivity contribution < 1.29 is 13.2 Å². The molecular formula is C15H20N2O3S. The third-order valence-electron chi connectivity index (χ3n) is 2.89. The highest BCUT2D eigenvalue weighted by Gasteiger charge is 2.18. The van der Waals surface area contributed by atoms with Crippen molar-refractivity contribution in [3.8, 4) is 6.07 Å². The number of ether oxygens (including phenoxy) is 1. The molecule has 0 N–H and O–H groups in total. The molecule has 5 nitrogen and oxygen atoms in total. The first-order valence-corrected chi connectivity index (χ1v) is 8.10. The van der Waals surface area contributed by atoms with Gasteiger partial charge in [0.1, 0.15) is 0 Å². The van der Waals surface area contributed by atoms with Crippen LogP contribution in [0.3, 0.4) is 0 Å². The first-order chi connectivity index (χ1) is 9.99. The summed E-state index contributed by atoms with van der Waals surface area (Å²) in [4.78, 5) is 0. The molecule has 0 bridgehead atoms. The minimum absolute atomic E-state index is 0.154. The number of aryl methyl sites for hydroxylation is 1. The van der Waals surface area contributed by atoms with E-state index in [1.54, 1.807) is 6.08 Å². The van der Waals surface area contributed by atoms with E-state index in [2.05, 4.69) is 0 Å². The average molecular weight is 308 g/mol. The van der Waals surface area contributed by atoms with Gasteiger partial charge >= 0.3 is 0 Å². The van der Waals surface area contributed by atoms with Crippen molar-refractivity contribution >= 4 is 16.1 Å². The monoisotopic (exact) mass is 308 g/mol. The van der Waals surface area contributed by atoms with Crippen molar-refractivity contribution in [1.29, 1.82) is 5.26 Å². The fourth-order valence-corrected chi connectivity index (χ4v) is 2.84. The van der Waals surface area contributed by atoms with Gasteiger partial charge in [-0.2, -0.15) is 9.57 Å². The molecule has 0 aliphatic heterocycles. The van der Waals surface area contributed by atoms with Gasteiger partial charge in [0.2, 0.25) is 10.0 Å². The molecule has 0 atom stereocenters. The van der Waals surface area contributed by atoms with Crippen LogP contribution in [0.4, 0.5) is 0 Å². The Hall–Kier alpha value is -1.68. The SMILES string of the molecule is COCCN(CCC#N)S(=O)(=O)C=Cc1ccc(C)cc1. The maximum atomic E-state index is 12.3. The van der Waals surface area contributed by atoms with Gasteiger partial charge in [-0.1, -0.05) is 29.8 Å². The summed E-state index contributed by atoms with van der Waals surface area (Å²) in [6.07, 6.45) is 1.71. The fraction of sp³-hybridized carbons (Fsp3) is 0.400. The summed E-state index contributed by atoms with van der Waals surface area (Å²) in [5.41, 5.74) is 1.93. The lowest BCUT2D eigenvalue weighted by molar-refractivity contribution is 0.180. The fourth-order valence-electron chi connectivity index (χ4n) is 1.66. The Morgan fingerprint density at radius 2 is 1.95 bits per heavy atom. The van der Waals surface area contributed by atoms with E-state index in [0.717, 1.165) is 11.1 Å². The van der Waals surface area contributed by atoms with Crippen molar-refractivity contribution in [2.45, 2.75) is 13.3 Å². The number of sulfonamides is 1. The lowest BCUT2D eigenvalue weighted by Gasteiger charge is -2.18. The van der Waals surface area contributed by atoms with Crippen LogP contribution in [-0.4, -0.2) is 39.5 Å². The van der Waals surface area contributed by atoms with Crippen LogP contribution in [0.1, 0.15) is 17.5 Å². The molecule has 0 fully saturated rings. The molecule has 0 amide bonds. The van der Waals surface area contributed by atoms with Crippen LogP contribution in [0.5, 0.6) is 0 Å². The lowest BCUT2D eigenvalue weighted by atomic mass is 10.2. The van der Waals surface area contributed by atoms with Gasteiger partial charge in [-0.15, -0.1) is 0 Å². The summed E-state index contributed by atoms with van der Waals surface area (Å²) in [6, 6.07) is 9.51. The Kier molecular flexibility index (Phi) is 7.09.